The number of carbonyl (C=O) groups excluding carboxylic acids is 2. The first kappa shape index (κ1) is 22.1. The smallest absolute Gasteiger partial charge is 0.261 e. The SMILES string of the molecule is COc1cc(-n2cccc2)c(Cl)cc1C(=O)Nc1nc(-c2ccc(CNC(C)=O)s2)cs1. The number of hydrogen-bond acceptors (Lipinski definition) is 6. The Morgan fingerprint density at radius 2 is 2.00 bits per heavy atom. The van der Waals surface area contributed by atoms with E-state index in [1.165, 1.54) is 25.4 Å². The number of nitrogens with zero attached hydrogens (tertiary/aromatic N) is 2. The molecule has 0 radical (unpaired) electrons. The maximum Gasteiger partial charge on any atom is 0.261 e. The fourth-order valence-electron chi connectivity index (χ4n) is 3.01. The Labute approximate surface area is 197 Å². The maximum atomic E-state index is 12.9. The van der Waals surface area contributed by atoms with E-state index in [0.29, 0.717) is 28.0 Å². The van der Waals surface area contributed by atoms with Gasteiger partial charge in [-0.2, -0.15) is 0 Å². The van der Waals surface area contributed by atoms with E-state index in [1.807, 2.05) is 46.6 Å². The van der Waals surface area contributed by atoms with E-state index in [1.54, 1.807) is 23.5 Å². The normalized spacial score (nSPS) is 10.7. The standard InChI is InChI=1S/C22H19ClN4O3S2/c1-13(28)24-11-14-5-6-20(32-14)17-12-31-22(25-17)26-21(29)15-9-16(23)18(10-19(15)30-2)27-7-3-4-8-27/h3-10,12H,11H2,1-2H3,(H,24,28)(H,25,26,29). The monoisotopic (exact) mass is 486 g/mol. The van der Waals surface area contributed by atoms with Crippen LogP contribution >= 0.6 is 34.3 Å². The van der Waals surface area contributed by atoms with Crippen molar-refractivity contribution in [1.82, 2.24) is 14.9 Å². The summed E-state index contributed by atoms with van der Waals surface area (Å²) >= 11 is 9.31. The van der Waals surface area contributed by atoms with Crippen molar-refractivity contribution < 1.29 is 14.3 Å². The van der Waals surface area contributed by atoms with Crippen molar-refractivity contribution in [2.75, 3.05) is 12.4 Å². The van der Waals surface area contributed by atoms with Gasteiger partial charge in [-0.15, -0.1) is 22.7 Å². The second-order valence-corrected chi connectivity index (χ2v) is 9.20. The second-order valence-electron chi connectivity index (χ2n) is 6.76. The highest BCUT2D eigenvalue weighted by Gasteiger charge is 2.18. The van der Waals surface area contributed by atoms with Crippen molar-refractivity contribution >= 4 is 51.2 Å². The minimum Gasteiger partial charge on any atom is -0.496 e. The van der Waals surface area contributed by atoms with Crippen LogP contribution < -0.4 is 15.4 Å². The third-order valence-corrected chi connectivity index (χ3v) is 6.71. The molecular weight excluding hydrogens is 468 g/mol. The molecule has 164 valence electrons. The Hall–Kier alpha value is -3.14. The molecule has 0 bridgehead atoms. The molecule has 10 heteroatoms. The van der Waals surface area contributed by atoms with Gasteiger partial charge in [0.1, 0.15) is 5.75 Å². The Balaban J connectivity index is 1.51. The highest BCUT2D eigenvalue weighted by Crippen LogP contribution is 2.33. The summed E-state index contributed by atoms with van der Waals surface area (Å²) in [5.74, 6) is -0.0231. The summed E-state index contributed by atoms with van der Waals surface area (Å²) in [5, 5.41) is 8.37. The zero-order chi connectivity index (χ0) is 22.7. The number of ether oxygens (including phenoxy) is 1. The van der Waals surface area contributed by atoms with Gasteiger partial charge in [-0.25, -0.2) is 4.98 Å². The van der Waals surface area contributed by atoms with Crippen LogP contribution in [0.3, 0.4) is 0 Å². The first-order chi connectivity index (χ1) is 15.4. The van der Waals surface area contributed by atoms with E-state index in [4.69, 9.17) is 16.3 Å². The number of benzene rings is 1. The minimum absolute atomic E-state index is 0.0736. The lowest BCUT2D eigenvalue weighted by atomic mass is 10.1. The van der Waals surface area contributed by atoms with Crippen molar-refractivity contribution in [2.24, 2.45) is 0 Å². The van der Waals surface area contributed by atoms with E-state index in [-0.39, 0.29) is 11.8 Å². The number of hydrogen-bond donors (Lipinski definition) is 2. The fraction of sp³-hybridized carbons (Fsp3) is 0.136. The number of anilines is 1. The van der Waals surface area contributed by atoms with Gasteiger partial charge < -0.3 is 14.6 Å². The Morgan fingerprint density at radius 3 is 2.72 bits per heavy atom. The number of carbonyl (C=O) groups is 2. The van der Waals surface area contributed by atoms with Crippen LogP contribution in [0.15, 0.2) is 54.2 Å². The summed E-state index contributed by atoms with van der Waals surface area (Å²) in [7, 11) is 1.51. The number of aromatic nitrogens is 2. The number of methoxy groups -OCH3 is 1. The molecule has 3 heterocycles. The number of amides is 2. The van der Waals surface area contributed by atoms with Crippen molar-refractivity contribution in [2.45, 2.75) is 13.5 Å². The summed E-state index contributed by atoms with van der Waals surface area (Å²) in [6, 6.07) is 11.0. The van der Waals surface area contributed by atoms with E-state index in [0.717, 1.165) is 21.1 Å². The lowest BCUT2D eigenvalue weighted by Gasteiger charge is -2.13. The Kier molecular flexibility index (Phi) is 6.59. The molecule has 0 aliphatic rings. The third kappa shape index (κ3) is 4.85. The predicted octanol–water partition coefficient (Wildman–Crippen LogP) is 5.21. The predicted molar refractivity (Wildman–Crippen MR) is 128 cm³/mol. The van der Waals surface area contributed by atoms with Gasteiger partial charge in [0.2, 0.25) is 5.91 Å². The summed E-state index contributed by atoms with van der Waals surface area (Å²) in [6.45, 7) is 1.97. The van der Waals surface area contributed by atoms with E-state index in [9.17, 15) is 9.59 Å². The molecule has 0 spiro atoms. The van der Waals surface area contributed by atoms with Crippen LogP contribution in [-0.4, -0.2) is 28.5 Å². The molecule has 0 saturated carbocycles. The Morgan fingerprint density at radius 1 is 1.22 bits per heavy atom. The highest BCUT2D eigenvalue weighted by atomic mass is 35.5. The number of halogens is 1. The number of thiophene rings is 1. The zero-order valence-corrected chi connectivity index (χ0v) is 19.6. The second kappa shape index (κ2) is 9.56. The minimum atomic E-state index is -0.360. The quantitative estimate of drug-likeness (QED) is 0.375. The van der Waals surface area contributed by atoms with Crippen molar-refractivity contribution in [3.63, 3.8) is 0 Å². The molecule has 2 amide bonds. The molecule has 0 atom stereocenters. The summed E-state index contributed by atoms with van der Waals surface area (Å²) in [4.78, 5) is 30.5. The molecule has 0 aliphatic carbocycles. The molecule has 0 aliphatic heterocycles. The Bertz CT molecular complexity index is 1260. The van der Waals surface area contributed by atoms with Crippen molar-refractivity contribution in [3.8, 4) is 22.0 Å². The lowest BCUT2D eigenvalue weighted by molar-refractivity contribution is -0.119. The molecule has 7 nitrogen and oxygen atoms in total. The van der Waals surface area contributed by atoms with Gasteiger partial charge in [-0.1, -0.05) is 11.6 Å². The van der Waals surface area contributed by atoms with Gasteiger partial charge >= 0.3 is 0 Å². The van der Waals surface area contributed by atoms with Crippen LogP contribution in [0.4, 0.5) is 5.13 Å². The van der Waals surface area contributed by atoms with Gasteiger partial charge in [-0.05, 0) is 30.3 Å². The van der Waals surface area contributed by atoms with Crippen LogP contribution in [0, 0.1) is 0 Å². The molecule has 32 heavy (non-hydrogen) atoms. The van der Waals surface area contributed by atoms with Crippen LogP contribution in [0.2, 0.25) is 5.02 Å². The van der Waals surface area contributed by atoms with E-state index < -0.39 is 0 Å². The van der Waals surface area contributed by atoms with Crippen LogP contribution in [-0.2, 0) is 11.3 Å². The topological polar surface area (TPSA) is 85.2 Å². The highest BCUT2D eigenvalue weighted by molar-refractivity contribution is 7.17. The van der Waals surface area contributed by atoms with Gasteiger partial charge in [0.25, 0.3) is 5.91 Å². The molecule has 2 N–H and O–H groups in total. The van der Waals surface area contributed by atoms with Crippen molar-refractivity contribution in [1.29, 1.82) is 0 Å². The number of nitrogens with one attached hydrogen (secondary N) is 2. The van der Waals surface area contributed by atoms with Gasteiger partial charge in [0, 0.05) is 35.6 Å². The summed E-state index contributed by atoms with van der Waals surface area (Å²) < 4.78 is 7.28. The van der Waals surface area contributed by atoms with Crippen LogP contribution in [0.5, 0.6) is 5.75 Å². The molecular formula is C22H19ClN4O3S2. The van der Waals surface area contributed by atoms with Gasteiger partial charge in [-0.3, -0.25) is 14.9 Å². The first-order valence-electron chi connectivity index (χ1n) is 9.56. The van der Waals surface area contributed by atoms with Crippen LogP contribution in [0.25, 0.3) is 16.3 Å². The molecule has 0 saturated heterocycles. The molecule has 3 aromatic heterocycles. The van der Waals surface area contributed by atoms with E-state index >= 15 is 0 Å². The first-order valence-corrected chi connectivity index (χ1v) is 11.6. The molecule has 4 rings (SSSR count). The maximum absolute atomic E-state index is 12.9. The average Bonchev–Trinajstić information content (AvgIpc) is 3.53. The molecule has 0 unspecified atom stereocenters. The average molecular weight is 487 g/mol. The van der Waals surface area contributed by atoms with Gasteiger partial charge in [0.05, 0.1) is 40.5 Å². The van der Waals surface area contributed by atoms with E-state index in [2.05, 4.69) is 15.6 Å². The lowest BCUT2D eigenvalue weighted by Crippen LogP contribution is -2.17. The van der Waals surface area contributed by atoms with Crippen molar-refractivity contribution in [3.05, 3.63) is 69.6 Å². The summed E-state index contributed by atoms with van der Waals surface area (Å²) in [6.07, 6.45) is 3.73. The fourth-order valence-corrected chi connectivity index (χ4v) is 4.96. The van der Waals surface area contributed by atoms with Crippen LogP contribution in [0.1, 0.15) is 22.2 Å². The number of thiazole rings is 1. The molecule has 1 aromatic carbocycles. The third-order valence-electron chi connectivity index (χ3n) is 4.55. The summed E-state index contributed by atoms with van der Waals surface area (Å²) in [5.41, 5.74) is 1.80. The zero-order valence-electron chi connectivity index (χ0n) is 17.2. The molecule has 4 aromatic rings. The van der Waals surface area contributed by atoms with Gasteiger partial charge in [0.15, 0.2) is 5.13 Å². The number of rotatable bonds is 7. The molecule has 0 fully saturated rings. The largest absolute Gasteiger partial charge is 0.496 e.